The summed E-state index contributed by atoms with van der Waals surface area (Å²) < 4.78 is 12.5. The molecule has 1 N–H and O–H groups in total. The molecule has 8 nitrogen and oxygen atoms in total. The zero-order valence-electron chi connectivity index (χ0n) is 18.7. The second kappa shape index (κ2) is 10.7. The van der Waals surface area contributed by atoms with Crippen molar-refractivity contribution >= 4 is 29.0 Å². The van der Waals surface area contributed by atoms with Crippen LogP contribution in [0, 0.1) is 0 Å². The van der Waals surface area contributed by atoms with Gasteiger partial charge in [-0.2, -0.15) is 0 Å². The van der Waals surface area contributed by atoms with Crippen LogP contribution in [-0.2, 0) is 11.3 Å². The molecule has 0 aliphatic rings. The number of anilines is 2. The third kappa shape index (κ3) is 5.42. The van der Waals surface area contributed by atoms with E-state index in [0.717, 1.165) is 17.1 Å². The second-order valence-corrected chi connectivity index (χ2v) is 7.99. The molecule has 2 aromatic carbocycles. The molecule has 0 bridgehead atoms. The minimum Gasteiger partial charge on any atom is -0.497 e. The molecule has 168 valence electrons. The summed E-state index contributed by atoms with van der Waals surface area (Å²) in [5.74, 6) is 1.89. The Bertz CT molecular complexity index is 1080. The lowest BCUT2D eigenvalue weighted by Crippen LogP contribution is -2.15. The minimum absolute atomic E-state index is 0.162. The van der Waals surface area contributed by atoms with E-state index in [-0.39, 0.29) is 11.7 Å². The highest BCUT2D eigenvalue weighted by Crippen LogP contribution is 2.30. The van der Waals surface area contributed by atoms with E-state index in [2.05, 4.69) is 22.1 Å². The van der Waals surface area contributed by atoms with Gasteiger partial charge in [-0.05, 0) is 36.4 Å². The molecule has 0 fully saturated rings. The molecule has 0 saturated heterocycles. The monoisotopic (exact) mass is 453 g/mol. The predicted molar refractivity (Wildman–Crippen MR) is 129 cm³/mol. The lowest BCUT2D eigenvalue weighted by molar-refractivity contribution is -0.113. The number of benzene rings is 2. The quantitative estimate of drug-likeness (QED) is 0.368. The van der Waals surface area contributed by atoms with Crippen LogP contribution in [0.5, 0.6) is 11.5 Å². The van der Waals surface area contributed by atoms with Gasteiger partial charge in [-0.25, -0.2) is 0 Å². The van der Waals surface area contributed by atoms with E-state index in [9.17, 15) is 4.79 Å². The van der Waals surface area contributed by atoms with E-state index in [1.54, 1.807) is 38.5 Å². The molecule has 1 heterocycles. The highest BCUT2D eigenvalue weighted by Gasteiger charge is 2.16. The first-order valence-electron chi connectivity index (χ1n) is 9.93. The van der Waals surface area contributed by atoms with Gasteiger partial charge in [0.25, 0.3) is 0 Å². The number of hydrogen-bond donors (Lipinski definition) is 1. The van der Waals surface area contributed by atoms with Crippen LogP contribution in [-0.4, -0.2) is 54.7 Å². The molecular formula is C23H27N5O3S. The van der Waals surface area contributed by atoms with Gasteiger partial charge in [0.1, 0.15) is 11.5 Å². The van der Waals surface area contributed by atoms with Crippen molar-refractivity contribution in [2.75, 3.05) is 44.3 Å². The number of methoxy groups -OCH3 is 2. The topological polar surface area (TPSA) is 81.5 Å². The number of aromatic nitrogens is 3. The van der Waals surface area contributed by atoms with Gasteiger partial charge in [0, 0.05) is 38.0 Å². The third-order valence-corrected chi connectivity index (χ3v) is 5.65. The van der Waals surface area contributed by atoms with E-state index in [1.807, 2.05) is 47.8 Å². The molecule has 0 unspecified atom stereocenters. The molecule has 0 aliphatic heterocycles. The normalized spacial score (nSPS) is 10.5. The summed E-state index contributed by atoms with van der Waals surface area (Å²) in [6.45, 7) is 4.37. The number of amides is 1. The summed E-state index contributed by atoms with van der Waals surface area (Å²) in [6, 6.07) is 13.3. The van der Waals surface area contributed by atoms with Gasteiger partial charge in [0.2, 0.25) is 5.91 Å². The van der Waals surface area contributed by atoms with E-state index >= 15 is 0 Å². The Morgan fingerprint density at radius 1 is 1.16 bits per heavy atom. The SMILES string of the molecule is C=CCn1c(SCC(=O)Nc2cc(OC)ccc2OC)nnc1-c1ccc(N(C)C)cc1. The minimum atomic E-state index is -0.188. The number of nitrogens with zero attached hydrogens (tertiary/aromatic N) is 4. The number of ether oxygens (including phenoxy) is 2. The summed E-state index contributed by atoms with van der Waals surface area (Å²) in [5.41, 5.74) is 2.59. The molecule has 0 saturated carbocycles. The largest absolute Gasteiger partial charge is 0.497 e. The zero-order chi connectivity index (χ0) is 23.1. The number of rotatable bonds is 10. The van der Waals surface area contributed by atoms with Gasteiger partial charge in [-0.1, -0.05) is 17.8 Å². The third-order valence-electron chi connectivity index (χ3n) is 4.68. The Balaban J connectivity index is 1.74. The molecule has 0 spiro atoms. The maximum absolute atomic E-state index is 12.6. The first-order chi connectivity index (χ1) is 15.5. The van der Waals surface area contributed by atoms with E-state index in [4.69, 9.17) is 9.47 Å². The molecule has 1 amide bonds. The molecule has 0 radical (unpaired) electrons. The van der Waals surface area contributed by atoms with Crippen LogP contribution in [0.1, 0.15) is 0 Å². The van der Waals surface area contributed by atoms with Crippen molar-refractivity contribution < 1.29 is 14.3 Å². The highest BCUT2D eigenvalue weighted by molar-refractivity contribution is 7.99. The molecular weight excluding hydrogens is 426 g/mol. The second-order valence-electron chi connectivity index (χ2n) is 7.05. The molecule has 9 heteroatoms. The highest BCUT2D eigenvalue weighted by atomic mass is 32.2. The molecule has 3 aromatic rings. The summed E-state index contributed by atoms with van der Waals surface area (Å²) in [6.07, 6.45) is 1.78. The van der Waals surface area contributed by atoms with Gasteiger partial charge in [0.05, 0.1) is 25.7 Å². The molecule has 1 aromatic heterocycles. The fourth-order valence-electron chi connectivity index (χ4n) is 3.04. The van der Waals surface area contributed by atoms with Crippen LogP contribution in [0.15, 0.2) is 60.3 Å². The average Bonchev–Trinajstić information content (AvgIpc) is 3.20. The van der Waals surface area contributed by atoms with Crippen LogP contribution in [0.25, 0.3) is 11.4 Å². The molecule has 32 heavy (non-hydrogen) atoms. The van der Waals surface area contributed by atoms with Gasteiger partial charge in [-0.15, -0.1) is 16.8 Å². The lowest BCUT2D eigenvalue weighted by Gasteiger charge is -2.13. The summed E-state index contributed by atoms with van der Waals surface area (Å²) in [7, 11) is 7.12. The Labute approximate surface area is 192 Å². The molecule has 0 aliphatic carbocycles. The van der Waals surface area contributed by atoms with Gasteiger partial charge in [-0.3, -0.25) is 9.36 Å². The van der Waals surface area contributed by atoms with Crippen molar-refractivity contribution in [2.45, 2.75) is 11.7 Å². The average molecular weight is 454 g/mol. The zero-order valence-corrected chi connectivity index (χ0v) is 19.5. The van der Waals surface area contributed by atoms with Crippen molar-refractivity contribution in [3.05, 3.63) is 55.1 Å². The Hall–Kier alpha value is -3.46. The lowest BCUT2D eigenvalue weighted by atomic mass is 10.2. The smallest absolute Gasteiger partial charge is 0.234 e. The van der Waals surface area contributed by atoms with Gasteiger partial charge >= 0.3 is 0 Å². The number of carbonyl (C=O) groups excluding carboxylic acids is 1. The van der Waals surface area contributed by atoms with Crippen molar-refractivity contribution in [3.8, 4) is 22.9 Å². The van der Waals surface area contributed by atoms with E-state index in [0.29, 0.717) is 28.9 Å². The number of allylic oxidation sites excluding steroid dienone is 1. The molecule has 3 rings (SSSR count). The number of carbonyl (C=O) groups is 1. The Kier molecular flexibility index (Phi) is 7.77. The first-order valence-corrected chi connectivity index (χ1v) is 10.9. The fourth-order valence-corrected chi connectivity index (χ4v) is 3.79. The van der Waals surface area contributed by atoms with Crippen LogP contribution >= 0.6 is 11.8 Å². The van der Waals surface area contributed by atoms with Crippen LogP contribution in [0.3, 0.4) is 0 Å². The maximum Gasteiger partial charge on any atom is 0.234 e. The van der Waals surface area contributed by atoms with E-state index < -0.39 is 0 Å². The standard InChI is InChI=1S/C23H27N5O3S/c1-6-13-28-22(16-7-9-17(10-8-16)27(2)3)25-26-23(28)32-15-21(29)24-19-14-18(30-4)11-12-20(19)31-5/h6-12,14H,1,13,15H2,2-5H3,(H,24,29). The summed E-state index contributed by atoms with van der Waals surface area (Å²) in [4.78, 5) is 14.6. The van der Waals surface area contributed by atoms with Gasteiger partial charge in [0.15, 0.2) is 11.0 Å². The van der Waals surface area contributed by atoms with Crippen LogP contribution in [0.2, 0.25) is 0 Å². The Morgan fingerprint density at radius 3 is 2.53 bits per heavy atom. The summed E-state index contributed by atoms with van der Waals surface area (Å²) in [5, 5.41) is 12.2. The number of hydrogen-bond acceptors (Lipinski definition) is 7. The maximum atomic E-state index is 12.6. The molecule has 0 atom stereocenters. The first kappa shape index (κ1) is 23.2. The van der Waals surface area contributed by atoms with Gasteiger partial charge < -0.3 is 19.7 Å². The van der Waals surface area contributed by atoms with Crippen LogP contribution < -0.4 is 19.7 Å². The number of nitrogens with one attached hydrogen (secondary N) is 1. The van der Waals surface area contributed by atoms with Crippen molar-refractivity contribution in [1.29, 1.82) is 0 Å². The predicted octanol–water partition coefficient (Wildman–Crippen LogP) is 3.95. The Morgan fingerprint density at radius 2 is 1.91 bits per heavy atom. The van der Waals surface area contributed by atoms with E-state index in [1.165, 1.54) is 11.8 Å². The number of thioether (sulfide) groups is 1. The van der Waals surface area contributed by atoms with Crippen molar-refractivity contribution in [1.82, 2.24) is 14.8 Å². The summed E-state index contributed by atoms with van der Waals surface area (Å²) >= 11 is 1.31. The fraction of sp³-hybridized carbons (Fsp3) is 0.261. The van der Waals surface area contributed by atoms with Crippen molar-refractivity contribution in [3.63, 3.8) is 0 Å². The van der Waals surface area contributed by atoms with Crippen molar-refractivity contribution in [2.24, 2.45) is 0 Å². The van der Waals surface area contributed by atoms with Crippen LogP contribution in [0.4, 0.5) is 11.4 Å².